The van der Waals surface area contributed by atoms with E-state index in [0.29, 0.717) is 6.54 Å². The molecule has 0 aliphatic rings. The smallest absolute Gasteiger partial charge is 0.329 e. The molecule has 10 nitrogen and oxygen atoms in total. The number of hydrogen-bond donors (Lipinski definition) is 4. The van der Waals surface area contributed by atoms with Gasteiger partial charge in [0.2, 0.25) is 17.7 Å². The van der Waals surface area contributed by atoms with Crippen molar-refractivity contribution >= 4 is 23.4 Å². The number of nitrogens with zero attached hydrogens (tertiary/aromatic N) is 3. The molecular weight excluding hydrogens is 268 g/mol. The second-order valence-electron chi connectivity index (χ2n) is 3.91. The summed E-state index contributed by atoms with van der Waals surface area (Å²) in [6.45, 7) is 2.28. The summed E-state index contributed by atoms with van der Waals surface area (Å²) in [4.78, 5) is 28.6. The van der Waals surface area contributed by atoms with Crippen LogP contribution < -0.4 is 16.4 Å². The summed E-state index contributed by atoms with van der Waals surface area (Å²) >= 11 is 0. The number of carbonyl (C=O) groups is 1. The van der Waals surface area contributed by atoms with Gasteiger partial charge in [0.25, 0.3) is 0 Å². The van der Waals surface area contributed by atoms with E-state index in [-0.39, 0.29) is 24.0 Å². The zero-order chi connectivity index (χ0) is 15.1. The third-order valence-electron chi connectivity index (χ3n) is 2.29. The van der Waals surface area contributed by atoms with Crippen LogP contribution in [-0.2, 0) is 4.79 Å². The molecule has 0 saturated heterocycles. The molecule has 0 spiro atoms. The van der Waals surface area contributed by atoms with E-state index in [9.17, 15) is 20.0 Å². The third kappa shape index (κ3) is 4.31. The average molecular weight is 284 g/mol. The second kappa shape index (κ2) is 7.19. The molecule has 1 heterocycles. The lowest BCUT2D eigenvalue weighted by Gasteiger charge is -2.10. The molecule has 0 aliphatic heterocycles. The molecule has 1 unspecified atom stereocenters. The Morgan fingerprint density at radius 2 is 2.30 bits per heavy atom. The van der Waals surface area contributed by atoms with Gasteiger partial charge in [-0.2, -0.15) is 4.98 Å². The van der Waals surface area contributed by atoms with Gasteiger partial charge in [0, 0.05) is 6.54 Å². The van der Waals surface area contributed by atoms with Gasteiger partial charge >= 0.3 is 5.69 Å². The van der Waals surface area contributed by atoms with E-state index in [1.165, 1.54) is 0 Å². The van der Waals surface area contributed by atoms with E-state index in [0.717, 1.165) is 12.6 Å². The molecule has 0 saturated carbocycles. The van der Waals surface area contributed by atoms with E-state index in [1.54, 1.807) is 0 Å². The fourth-order valence-electron chi connectivity index (χ4n) is 1.26. The average Bonchev–Trinajstić information content (AvgIpc) is 2.42. The normalized spacial score (nSPS) is 11.7. The van der Waals surface area contributed by atoms with E-state index in [4.69, 9.17) is 5.73 Å². The van der Waals surface area contributed by atoms with Crippen LogP contribution in [0.2, 0.25) is 0 Å². The van der Waals surface area contributed by atoms with Gasteiger partial charge in [-0.3, -0.25) is 14.9 Å². The molecule has 1 rings (SSSR count). The molecule has 0 radical (unpaired) electrons. The van der Waals surface area contributed by atoms with Crippen molar-refractivity contribution in [2.75, 3.05) is 23.7 Å². The number of carbonyl (C=O) groups excluding carboxylic acids is 1. The summed E-state index contributed by atoms with van der Waals surface area (Å²) < 4.78 is 0. The van der Waals surface area contributed by atoms with Crippen LogP contribution in [0.15, 0.2) is 6.20 Å². The lowest BCUT2D eigenvalue weighted by atomic mass is 10.3. The summed E-state index contributed by atoms with van der Waals surface area (Å²) in [5.74, 6) is -0.809. The number of anilines is 2. The van der Waals surface area contributed by atoms with Gasteiger partial charge in [-0.15, -0.1) is 0 Å². The Morgan fingerprint density at radius 3 is 2.85 bits per heavy atom. The van der Waals surface area contributed by atoms with Crippen LogP contribution in [0.3, 0.4) is 0 Å². The molecule has 0 fully saturated rings. The third-order valence-corrected chi connectivity index (χ3v) is 2.29. The number of aliphatic hydroxyl groups is 1. The maximum Gasteiger partial charge on any atom is 0.329 e. The van der Waals surface area contributed by atoms with Gasteiger partial charge < -0.3 is 21.5 Å². The maximum atomic E-state index is 10.8. The number of nitro groups is 1. The predicted molar refractivity (Wildman–Crippen MR) is 71.2 cm³/mol. The molecule has 1 atom stereocenters. The van der Waals surface area contributed by atoms with Crippen LogP contribution in [0.25, 0.3) is 0 Å². The fourth-order valence-corrected chi connectivity index (χ4v) is 1.26. The highest BCUT2D eigenvalue weighted by atomic mass is 16.6. The van der Waals surface area contributed by atoms with E-state index in [1.807, 2.05) is 6.92 Å². The van der Waals surface area contributed by atoms with Crippen LogP contribution in [0.4, 0.5) is 17.5 Å². The van der Waals surface area contributed by atoms with Crippen molar-refractivity contribution in [3.63, 3.8) is 0 Å². The molecule has 5 N–H and O–H groups in total. The van der Waals surface area contributed by atoms with Crippen molar-refractivity contribution in [1.29, 1.82) is 0 Å². The minimum atomic E-state index is -1.46. The zero-order valence-electron chi connectivity index (χ0n) is 10.9. The Morgan fingerprint density at radius 1 is 1.60 bits per heavy atom. The fraction of sp³-hybridized carbons (Fsp3) is 0.500. The largest absolute Gasteiger partial charge is 0.381 e. The van der Waals surface area contributed by atoms with Crippen molar-refractivity contribution in [3.05, 3.63) is 16.3 Å². The Kier molecular flexibility index (Phi) is 5.59. The van der Waals surface area contributed by atoms with Gasteiger partial charge in [0.15, 0.2) is 0 Å². The standard InChI is InChI=1S/C10H16N6O4/c1-2-3-12-10-14-4-6(16(19)20)9(15-10)13-5-7(17)8(11)18/h4,7,17H,2-3,5H2,1H3,(H2,11,18)(H2,12,13,14,15). The number of primary amides is 1. The van der Waals surface area contributed by atoms with Crippen molar-refractivity contribution in [2.45, 2.75) is 19.4 Å². The van der Waals surface area contributed by atoms with Crippen molar-refractivity contribution in [1.82, 2.24) is 9.97 Å². The SMILES string of the molecule is CCCNc1ncc([N+](=O)[O-])c(NCC(O)C(N)=O)n1. The van der Waals surface area contributed by atoms with Gasteiger partial charge in [-0.05, 0) is 6.42 Å². The summed E-state index contributed by atoms with van der Waals surface area (Å²) in [7, 11) is 0. The van der Waals surface area contributed by atoms with Gasteiger partial charge in [-0.25, -0.2) is 4.98 Å². The van der Waals surface area contributed by atoms with Crippen molar-refractivity contribution in [2.24, 2.45) is 5.73 Å². The maximum absolute atomic E-state index is 10.8. The minimum absolute atomic E-state index is 0.0936. The van der Waals surface area contributed by atoms with Crippen molar-refractivity contribution < 1.29 is 14.8 Å². The number of rotatable bonds is 8. The lowest BCUT2D eigenvalue weighted by Crippen LogP contribution is -2.34. The Hall–Kier alpha value is -2.49. The Labute approximate surface area is 114 Å². The lowest BCUT2D eigenvalue weighted by molar-refractivity contribution is -0.384. The van der Waals surface area contributed by atoms with E-state index in [2.05, 4.69) is 20.6 Å². The summed E-state index contributed by atoms with van der Waals surface area (Å²) in [6.07, 6.45) is 0.421. The predicted octanol–water partition coefficient (Wildman–Crippen LogP) is -0.535. The van der Waals surface area contributed by atoms with Gasteiger partial charge in [0.1, 0.15) is 12.3 Å². The van der Waals surface area contributed by atoms with E-state index >= 15 is 0 Å². The summed E-state index contributed by atoms with van der Waals surface area (Å²) in [6, 6.07) is 0. The monoisotopic (exact) mass is 284 g/mol. The number of aromatic nitrogens is 2. The molecule has 0 bridgehead atoms. The van der Waals surface area contributed by atoms with Crippen LogP contribution in [-0.4, -0.2) is 45.1 Å². The number of amides is 1. The van der Waals surface area contributed by atoms with Crippen LogP contribution >= 0.6 is 0 Å². The summed E-state index contributed by atoms with van der Waals surface area (Å²) in [5, 5.41) is 25.5. The Bertz CT molecular complexity index is 495. The highest BCUT2D eigenvalue weighted by Gasteiger charge is 2.19. The number of hydrogen-bond acceptors (Lipinski definition) is 8. The molecule has 1 aromatic heterocycles. The minimum Gasteiger partial charge on any atom is -0.381 e. The number of nitrogens with two attached hydrogens (primary N) is 1. The highest BCUT2D eigenvalue weighted by Crippen LogP contribution is 2.21. The first kappa shape index (κ1) is 15.6. The van der Waals surface area contributed by atoms with E-state index < -0.39 is 16.9 Å². The van der Waals surface area contributed by atoms with Gasteiger partial charge in [0.05, 0.1) is 11.5 Å². The highest BCUT2D eigenvalue weighted by molar-refractivity contribution is 5.79. The molecule has 110 valence electrons. The second-order valence-corrected chi connectivity index (χ2v) is 3.91. The molecule has 1 aromatic rings. The molecule has 0 aromatic carbocycles. The first-order valence-corrected chi connectivity index (χ1v) is 5.92. The quantitative estimate of drug-likeness (QED) is 0.366. The number of nitrogens with one attached hydrogen (secondary N) is 2. The molecule has 20 heavy (non-hydrogen) atoms. The summed E-state index contributed by atoms with van der Waals surface area (Å²) in [5.41, 5.74) is 4.53. The molecular formula is C10H16N6O4. The first-order valence-electron chi connectivity index (χ1n) is 5.92. The zero-order valence-corrected chi connectivity index (χ0v) is 10.9. The van der Waals surface area contributed by atoms with Crippen LogP contribution in [0.1, 0.15) is 13.3 Å². The van der Waals surface area contributed by atoms with Crippen molar-refractivity contribution in [3.8, 4) is 0 Å². The molecule has 10 heteroatoms. The molecule has 0 aliphatic carbocycles. The Balaban J connectivity index is 2.88. The van der Waals surface area contributed by atoms with Gasteiger partial charge in [-0.1, -0.05) is 6.92 Å². The molecule has 1 amide bonds. The topological polar surface area (TPSA) is 156 Å². The van der Waals surface area contributed by atoms with Crippen LogP contribution in [0, 0.1) is 10.1 Å². The van der Waals surface area contributed by atoms with Crippen LogP contribution in [0.5, 0.6) is 0 Å². The first-order chi connectivity index (χ1) is 9.45. The number of aliphatic hydroxyl groups excluding tert-OH is 1.